The molecule has 1 aromatic carbocycles. The first-order chi connectivity index (χ1) is 7.29. The Morgan fingerprint density at radius 2 is 2.07 bits per heavy atom. The summed E-state index contributed by atoms with van der Waals surface area (Å²) in [5.41, 5.74) is 2.25. The molecule has 4 nitrogen and oxygen atoms in total. The Balaban J connectivity index is 2.18. The monoisotopic (exact) mass is 264 g/mol. The Kier molecular flexibility index (Phi) is 2.91. The average molecular weight is 265 g/mol. The van der Waals surface area contributed by atoms with Crippen molar-refractivity contribution in [3.8, 4) is 0 Å². The van der Waals surface area contributed by atoms with E-state index in [1.165, 1.54) is 0 Å². The first kappa shape index (κ1) is 10.0. The number of halogens is 1. The molecule has 0 aliphatic carbocycles. The quantitative estimate of drug-likeness (QED) is 0.853. The zero-order valence-corrected chi connectivity index (χ0v) is 9.55. The van der Waals surface area contributed by atoms with E-state index in [2.05, 4.69) is 38.0 Å². The van der Waals surface area contributed by atoms with E-state index in [1.54, 1.807) is 4.68 Å². The third kappa shape index (κ3) is 2.30. The molecule has 76 valence electrons. The number of hydrogen-bond donors (Lipinski definition) is 0. The molecule has 0 bridgehead atoms. The lowest BCUT2D eigenvalue weighted by Gasteiger charge is -2.01. The lowest BCUT2D eigenvalue weighted by molar-refractivity contribution is 0.637. The fourth-order valence-corrected chi connectivity index (χ4v) is 1.49. The lowest BCUT2D eigenvalue weighted by Crippen LogP contribution is -2.02. The van der Waals surface area contributed by atoms with Crippen LogP contribution in [0.4, 0.5) is 0 Å². The fraction of sp³-hybridized carbons (Fsp3) is 0.100. The van der Waals surface area contributed by atoms with E-state index in [-0.39, 0.29) is 0 Å². The van der Waals surface area contributed by atoms with Gasteiger partial charge in [-0.3, -0.25) is 0 Å². The van der Waals surface area contributed by atoms with Crippen LogP contribution in [0.5, 0.6) is 0 Å². The summed E-state index contributed by atoms with van der Waals surface area (Å²) in [5, 5.41) is 11.1. The van der Waals surface area contributed by atoms with E-state index in [4.69, 9.17) is 0 Å². The molecule has 0 radical (unpaired) electrons. The Labute approximate surface area is 95.7 Å². The highest BCUT2D eigenvalue weighted by Gasteiger charge is 2.02. The first-order valence-corrected chi connectivity index (χ1v) is 5.22. The largest absolute Gasteiger partial charge is 0.218 e. The van der Waals surface area contributed by atoms with Gasteiger partial charge in [-0.2, -0.15) is 0 Å². The van der Waals surface area contributed by atoms with Gasteiger partial charge in [-0.15, -0.1) is 5.10 Å². The first-order valence-electron chi connectivity index (χ1n) is 4.42. The number of aromatic nitrogens is 4. The van der Waals surface area contributed by atoms with E-state index in [9.17, 15) is 0 Å². The van der Waals surface area contributed by atoms with Gasteiger partial charge in [0.2, 0.25) is 4.73 Å². The van der Waals surface area contributed by atoms with Crippen molar-refractivity contribution >= 4 is 22.0 Å². The van der Waals surface area contributed by atoms with Gasteiger partial charge in [0.15, 0.2) is 0 Å². The maximum Gasteiger partial charge on any atom is 0.218 e. The van der Waals surface area contributed by atoms with E-state index >= 15 is 0 Å². The molecule has 0 saturated heterocycles. The molecular formula is C10H9BrN4. The van der Waals surface area contributed by atoms with Gasteiger partial charge in [0.25, 0.3) is 0 Å². The van der Waals surface area contributed by atoms with Crippen LogP contribution in [0.15, 0.2) is 35.6 Å². The van der Waals surface area contributed by atoms with Gasteiger partial charge >= 0.3 is 0 Å². The zero-order valence-electron chi connectivity index (χ0n) is 7.97. The maximum atomic E-state index is 3.84. The standard InChI is InChI=1S/C10H9BrN4/c1-2-8-3-5-9(6-4-8)7-15-10(11)12-13-14-15/h2-6H,1,7H2. The number of rotatable bonds is 3. The zero-order chi connectivity index (χ0) is 10.7. The van der Waals surface area contributed by atoms with Gasteiger partial charge in [0, 0.05) is 0 Å². The van der Waals surface area contributed by atoms with Crippen LogP contribution in [0, 0.1) is 0 Å². The normalized spacial score (nSPS) is 10.2. The molecule has 0 atom stereocenters. The van der Waals surface area contributed by atoms with Gasteiger partial charge in [0.1, 0.15) is 0 Å². The Morgan fingerprint density at radius 1 is 1.33 bits per heavy atom. The smallest absolute Gasteiger partial charge is 0.216 e. The summed E-state index contributed by atoms with van der Waals surface area (Å²) in [4.78, 5) is 0. The minimum atomic E-state index is 0.635. The van der Waals surface area contributed by atoms with Crippen LogP contribution in [0.1, 0.15) is 11.1 Å². The summed E-state index contributed by atoms with van der Waals surface area (Å²) >= 11 is 3.26. The Bertz CT molecular complexity index is 461. The molecule has 0 amide bonds. The molecule has 0 spiro atoms. The number of nitrogens with zero attached hydrogens (tertiary/aromatic N) is 4. The summed E-state index contributed by atoms with van der Waals surface area (Å²) in [6.45, 7) is 4.36. The minimum Gasteiger partial charge on any atom is -0.216 e. The maximum absolute atomic E-state index is 3.84. The molecular weight excluding hydrogens is 256 g/mol. The van der Waals surface area contributed by atoms with Gasteiger partial charge in [-0.1, -0.05) is 36.9 Å². The van der Waals surface area contributed by atoms with E-state index in [1.807, 2.05) is 30.3 Å². The van der Waals surface area contributed by atoms with Crippen LogP contribution in [0.25, 0.3) is 6.08 Å². The second-order valence-electron chi connectivity index (χ2n) is 3.05. The molecule has 2 aromatic rings. The van der Waals surface area contributed by atoms with Gasteiger partial charge < -0.3 is 0 Å². The van der Waals surface area contributed by atoms with E-state index < -0.39 is 0 Å². The Hall–Kier alpha value is -1.49. The van der Waals surface area contributed by atoms with Crippen molar-refractivity contribution in [2.24, 2.45) is 0 Å². The lowest BCUT2D eigenvalue weighted by atomic mass is 10.1. The van der Waals surface area contributed by atoms with Crippen molar-refractivity contribution in [2.45, 2.75) is 6.54 Å². The Morgan fingerprint density at radius 3 is 2.60 bits per heavy atom. The van der Waals surface area contributed by atoms with Crippen molar-refractivity contribution in [3.05, 3.63) is 46.7 Å². The van der Waals surface area contributed by atoms with E-state index in [0.29, 0.717) is 11.3 Å². The predicted molar refractivity (Wildman–Crippen MR) is 61.2 cm³/mol. The van der Waals surface area contributed by atoms with E-state index in [0.717, 1.165) is 11.1 Å². The number of hydrogen-bond acceptors (Lipinski definition) is 3. The summed E-state index contributed by atoms with van der Waals surface area (Å²) in [7, 11) is 0. The molecule has 15 heavy (non-hydrogen) atoms. The van der Waals surface area contributed by atoms with Crippen molar-refractivity contribution in [3.63, 3.8) is 0 Å². The van der Waals surface area contributed by atoms with Gasteiger partial charge in [-0.05, 0) is 37.5 Å². The highest BCUT2D eigenvalue weighted by atomic mass is 79.9. The van der Waals surface area contributed by atoms with Crippen molar-refractivity contribution in [1.82, 2.24) is 20.2 Å². The highest BCUT2D eigenvalue weighted by molar-refractivity contribution is 9.10. The van der Waals surface area contributed by atoms with Gasteiger partial charge in [0.05, 0.1) is 6.54 Å². The summed E-state index contributed by atoms with van der Waals surface area (Å²) in [6, 6.07) is 8.09. The van der Waals surface area contributed by atoms with Crippen LogP contribution in [-0.2, 0) is 6.54 Å². The molecule has 0 aliphatic rings. The number of tetrazole rings is 1. The second kappa shape index (κ2) is 4.35. The SMILES string of the molecule is C=Cc1ccc(Cn2nnnc2Br)cc1. The summed E-state index contributed by atoms with van der Waals surface area (Å²) in [5.74, 6) is 0. The molecule has 0 fully saturated rings. The highest BCUT2D eigenvalue weighted by Crippen LogP contribution is 2.09. The predicted octanol–water partition coefficient (Wildman–Crippen LogP) is 2.13. The van der Waals surface area contributed by atoms with Crippen molar-refractivity contribution in [2.75, 3.05) is 0 Å². The van der Waals surface area contributed by atoms with Crippen LogP contribution < -0.4 is 0 Å². The summed E-state index contributed by atoms with van der Waals surface area (Å²) < 4.78 is 2.32. The third-order valence-electron chi connectivity index (χ3n) is 2.04. The van der Waals surface area contributed by atoms with Crippen molar-refractivity contribution < 1.29 is 0 Å². The van der Waals surface area contributed by atoms with Crippen LogP contribution in [-0.4, -0.2) is 20.2 Å². The molecule has 0 N–H and O–H groups in total. The third-order valence-corrected chi connectivity index (χ3v) is 2.60. The van der Waals surface area contributed by atoms with Crippen LogP contribution in [0.2, 0.25) is 0 Å². The molecule has 0 saturated carbocycles. The molecule has 0 aliphatic heterocycles. The average Bonchev–Trinajstić information content (AvgIpc) is 2.66. The number of benzene rings is 1. The van der Waals surface area contributed by atoms with Gasteiger partial charge in [-0.25, -0.2) is 4.68 Å². The fourth-order valence-electron chi connectivity index (χ4n) is 1.22. The van der Waals surface area contributed by atoms with Crippen LogP contribution >= 0.6 is 15.9 Å². The molecule has 2 rings (SSSR count). The minimum absolute atomic E-state index is 0.635. The molecule has 5 heteroatoms. The molecule has 1 aromatic heterocycles. The molecule has 0 unspecified atom stereocenters. The van der Waals surface area contributed by atoms with Crippen molar-refractivity contribution in [1.29, 1.82) is 0 Å². The van der Waals surface area contributed by atoms with Crippen LogP contribution in [0.3, 0.4) is 0 Å². The topological polar surface area (TPSA) is 43.6 Å². The summed E-state index contributed by atoms with van der Waals surface area (Å²) in [6.07, 6.45) is 1.82. The molecule has 1 heterocycles. The second-order valence-corrected chi connectivity index (χ2v) is 3.76.